The quantitative estimate of drug-likeness (QED) is 0.192. The maximum atomic E-state index is 14.0. The van der Waals surface area contributed by atoms with Gasteiger partial charge >= 0.3 is 24.4 Å². The van der Waals surface area contributed by atoms with Gasteiger partial charge in [0.25, 0.3) is 0 Å². The van der Waals surface area contributed by atoms with E-state index in [9.17, 15) is 24.3 Å². The molecular weight excluding hydrogens is 778 g/mol. The smallest absolute Gasteiger partial charge is 0.457 e. The van der Waals surface area contributed by atoms with E-state index < -0.39 is 108 Å². The molecule has 4 fully saturated rings. The number of aliphatic hydroxyl groups is 1. The van der Waals surface area contributed by atoms with Gasteiger partial charge in [-0.2, -0.15) is 0 Å². The number of esters is 1. The Hall–Kier alpha value is -4.44. The first-order chi connectivity index (χ1) is 28.4. The number of nitrogens with zero attached hydrogens (tertiary/aromatic N) is 1. The van der Waals surface area contributed by atoms with Crippen LogP contribution in [0.25, 0.3) is 0 Å². The molecule has 2 aromatic rings. The summed E-state index contributed by atoms with van der Waals surface area (Å²) in [6.45, 7) is 14.5. The van der Waals surface area contributed by atoms with Crippen LogP contribution in [0.2, 0.25) is 0 Å². The third kappa shape index (κ3) is 9.54. The fraction of sp³-hybridized carbons (Fsp3) is 0.644. The molecular formula is C45H61NO14. The van der Waals surface area contributed by atoms with Crippen LogP contribution >= 0.6 is 0 Å². The second-order valence-electron chi connectivity index (χ2n) is 17.4. The molecule has 0 aromatic heterocycles. The first-order valence-corrected chi connectivity index (χ1v) is 21.0. The van der Waals surface area contributed by atoms with Crippen molar-refractivity contribution in [3.63, 3.8) is 0 Å². The predicted octanol–water partition coefficient (Wildman–Crippen LogP) is 6.95. The first-order valence-electron chi connectivity index (χ1n) is 21.0. The maximum Gasteiger partial charge on any atom is 0.509 e. The third-order valence-corrected chi connectivity index (χ3v) is 12.8. The van der Waals surface area contributed by atoms with E-state index >= 15 is 0 Å². The van der Waals surface area contributed by atoms with Crippen molar-refractivity contribution in [2.24, 2.45) is 23.7 Å². The van der Waals surface area contributed by atoms with Crippen LogP contribution in [-0.4, -0.2) is 108 Å². The fourth-order valence-electron chi connectivity index (χ4n) is 9.62. The van der Waals surface area contributed by atoms with Gasteiger partial charge < -0.3 is 52.6 Å². The van der Waals surface area contributed by atoms with E-state index in [1.54, 1.807) is 27.8 Å². The molecule has 4 saturated heterocycles. The number of fused-ring (bicyclic) bond motifs is 2. The fourth-order valence-corrected chi connectivity index (χ4v) is 9.62. The number of cyclic esters (lactones) is 3. The molecule has 4 aliphatic rings. The summed E-state index contributed by atoms with van der Waals surface area (Å²) in [5.41, 5.74) is -0.905. The van der Waals surface area contributed by atoms with Crippen LogP contribution in [0.3, 0.4) is 0 Å². The molecule has 0 aliphatic carbocycles. The zero-order valence-electron chi connectivity index (χ0n) is 36.0. The lowest BCUT2D eigenvalue weighted by Gasteiger charge is -2.47. The monoisotopic (exact) mass is 839 g/mol. The summed E-state index contributed by atoms with van der Waals surface area (Å²) in [5.74, 6) is -3.20. The first kappa shape index (κ1) is 45.1. The van der Waals surface area contributed by atoms with Crippen LogP contribution in [-0.2, 0) is 60.6 Å². The van der Waals surface area contributed by atoms with Crippen molar-refractivity contribution >= 4 is 24.4 Å². The van der Waals surface area contributed by atoms with Crippen molar-refractivity contribution in [2.45, 2.75) is 154 Å². The standard InChI is InChI=1S/C45H61NO14/c1-10-33-45(8,60-43(51)55-33)38-29(6)35-25(2)22-44(7,59-35)37(27(4)34(47)28(5)39(48)57-38)58-40-36(56-42(50)53-24-31-19-15-12-16-20-31)32(21-26(3)54-40)46(9)41(49)52-23-30-17-13-11-14-18-30/h11-20,25-29,32-38,40,47H,10,21-24H2,1-9H3/t25?,26?,27-,28+,29-,32?,33+,34-,35?,36?,37+,38+,40-,44+,45+/m0/s1. The molecule has 15 atom stereocenters. The Morgan fingerprint density at radius 2 is 1.50 bits per heavy atom. The van der Waals surface area contributed by atoms with Crippen molar-refractivity contribution in [1.82, 2.24) is 4.90 Å². The highest BCUT2D eigenvalue weighted by Crippen LogP contribution is 2.49. The minimum Gasteiger partial charge on any atom is -0.457 e. The maximum absolute atomic E-state index is 14.0. The van der Waals surface area contributed by atoms with Gasteiger partial charge in [0.2, 0.25) is 0 Å². The van der Waals surface area contributed by atoms with Gasteiger partial charge in [-0.1, -0.05) is 88.4 Å². The van der Waals surface area contributed by atoms with E-state index in [0.29, 0.717) is 12.8 Å². The summed E-state index contributed by atoms with van der Waals surface area (Å²) in [6.07, 6.45) is -8.97. The van der Waals surface area contributed by atoms with E-state index in [1.165, 1.54) is 4.90 Å². The molecule has 5 unspecified atom stereocenters. The Kier molecular flexibility index (Phi) is 14.0. The Bertz CT molecular complexity index is 1800. The lowest BCUT2D eigenvalue weighted by molar-refractivity contribution is -0.301. The van der Waals surface area contributed by atoms with Crippen LogP contribution < -0.4 is 0 Å². The van der Waals surface area contributed by atoms with Crippen LogP contribution in [0.15, 0.2) is 60.7 Å². The molecule has 2 aromatic carbocycles. The number of rotatable bonds is 10. The number of aliphatic hydroxyl groups excluding tert-OH is 1. The molecule has 15 heteroatoms. The molecule has 4 heterocycles. The molecule has 2 bridgehead atoms. The summed E-state index contributed by atoms with van der Waals surface area (Å²) >= 11 is 0. The Morgan fingerprint density at radius 1 is 0.883 bits per heavy atom. The number of carbonyl (C=O) groups is 4. The average molecular weight is 840 g/mol. The van der Waals surface area contributed by atoms with Crippen molar-refractivity contribution in [3.05, 3.63) is 71.8 Å². The highest BCUT2D eigenvalue weighted by Gasteiger charge is 2.61. The number of ether oxygens (including phenoxy) is 9. The van der Waals surface area contributed by atoms with Gasteiger partial charge in [0.1, 0.15) is 25.4 Å². The minimum atomic E-state index is -1.34. The van der Waals surface area contributed by atoms with Gasteiger partial charge in [-0.3, -0.25) is 4.79 Å². The topological polar surface area (TPSA) is 175 Å². The normalized spacial score (nSPS) is 38.1. The molecule has 4 aliphatic heterocycles. The minimum absolute atomic E-state index is 0.0213. The number of hydrogen-bond donors (Lipinski definition) is 1. The van der Waals surface area contributed by atoms with E-state index in [2.05, 4.69) is 0 Å². The second kappa shape index (κ2) is 18.7. The highest BCUT2D eigenvalue weighted by atomic mass is 16.8. The predicted molar refractivity (Wildman–Crippen MR) is 214 cm³/mol. The number of likely N-dealkylation sites (N-methyl/N-ethyl adjacent to an activating group) is 1. The van der Waals surface area contributed by atoms with Crippen LogP contribution in [0.1, 0.15) is 85.8 Å². The molecule has 6 rings (SSSR count). The molecule has 0 radical (unpaired) electrons. The number of carbonyl (C=O) groups excluding carboxylic acids is 4. The van der Waals surface area contributed by atoms with Crippen molar-refractivity contribution in [3.8, 4) is 0 Å². The molecule has 1 amide bonds. The van der Waals surface area contributed by atoms with Crippen LogP contribution in [0.4, 0.5) is 14.4 Å². The van der Waals surface area contributed by atoms with Gasteiger partial charge in [-0.15, -0.1) is 0 Å². The second-order valence-corrected chi connectivity index (χ2v) is 17.4. The van der Waals surface area contributed by atoms with Crippen molar-refractivity contribution < 1.29 is 66.9 Å². The third-order valence-electron chi connectivity index (χ3n) is 12.8. The van der Waals surface area contributed by atoms with Gasteiger partial charge in [0.15, 0.2) is 18.0 Å². The zero-order chi connectivity index (χ0) is 43.5. The van der Waals surface area contributed by atoms with Gasteiger partial charge in [-0.25, -0.2) is 14.4 Å². The molecule has 0 spiro atoms. The van der Waals surface area contributed by atoms with E-state index in [-0.39, 0.29) is 25.6 Å². The van der Waals surface area contributed by atoms with Crippen molar-refractivity contribution in [2.75, 3.05) is 7.05 Å². The highest BCUT2D eigenvalue weighted by molar-refractivity contribution is 5.73. The van der Waals surface area contributed by atoms with Gasteiger partial charge in [0, 0.05) is 18.9 Å². The van der Waals surface area contributed by atoms with E-state index in [4.69, 9.17) is 42.6 Å². The summed E-state index contributed by atoms with van der Waals surface area (Å²) in [4.78, 5) is 55.1. The largest absolute Gasteiger partial charge is 0.509 e. The Balaban J connectivity index is 1.32. The number of benzene rings is 2. The summed E-state index contributed by atoms with van der Waals surface area (Å²) in [5, 5.41) is 12.0. The summed E-state index contributed by atoms with van der Waals surface area (Å²) < 4.78 is 55.2. The lowest BCUT2D eigenvalue weighted by atomic mass is 9.76. The Morgan fingerprint density at radius 3 is 2.12 bits per heavy atom. The molecule has 330 valence electrons. The van der Waals surface area contributed by atoms with Crippen LogP contribution in [0, 0.1) is 23.7 Å². The zero-order valence-corrected chi connectivity index (χ0v) is 36.0. The average Bonchev–Trinajstić information content (AvgIpc) is 3.72. The van der Waals surface area contributed by atoms with E-state index in [0.717, 1.165) is 11.1 Å². The molecule has 1 N–H and O–H groups in total. The Labute approximate surface area is 352 Å². The van der Waals surface area contributed by atoms with Crippen molar-refractivity contribution in [1.29, 1.82) is 0 Å². The molecule has 60 heavy (non-hydrogen) atoms. The van der Waals surface area contributed by atoms with Gasteiger partial charge in [-0.05, 0) is 64.0 Å². The number of hydrogen-bond acceptors (Lipinski definition) is 14. The lowest BCUT2D eigenvalue weighted by Crippen LogP contribution is -2.61. The number of amides is 1. The SMILES string of the molecule is CC[C@H]1OC(=O)O[C@@]1(C)[C@@H]1OC(=O)[C@H](C)[C@@H](O)[C@H](C)[C@@H](O[C@@H]2OC(C)CC(N(C)C(=O)OCc3ccccc3)C2OC(=O)OCc2ccccc2)[C@@]2(C)CC(C)C(O2)[C@@H]1C. The van der Waals surface area contributed by atoms with Crippen LogP contribution in [0.5, 0.6) is 0 Å². The van der Waals surface area contributed by atoms with E-state index in [1.807, 2.05) is 95.3 Å². The molecule has 0 saturated carbocycles. The summed E-state index contributed by atoms with van der Waals surface area (Å²) in [6, 6.07) is 17.6. The molecule has 15 nitrogen and oxygen atoms in total. The summed E-state index contributed by atoms with van der Waals surface area (Å²) in [7, 11) is 1.56. The van der Waals surface area contributed by atoms with Gasteiger partial charge in [0.05, 0.1) is 42.0 Å².